The molecule has 1 atom stereocenters. The maximum atomic E-state index is 13.0. The summed E-state index contributed by atoms with van der Waals surface area (Å²) in [5.41, 5.74) is 0.828. The number of carbonyl (C=O) groups is 4. The molecule has 1 unspecified atom stereocenters. The molecular formula is C21H27N2O6+. The third-order valence-corrected chi connectivity index (χ3v) is 5.52. The number of rotatable bonds is 6. The highest BCUT2D eigenvalue weighted by atomic mass is 16.5. The van der Waals surface area contributed by atoms with Crippen LogP contribution in [0.3, 0.4) is 0 Å². The molecule has 1 N–H and O–H groups in total. The maximum absolute atomic E-state index is 13.0. The molecule has 2 fully saturated rings. The molecule has 0 aliphatic carbocycles. The lowest BCUT2D eigenvalue weighted by atomic mass is 9.95. The predicted octanol–water partition coefficient (Wildman–Crippen LogP) is 0.353. The summed E-state index contributed by atoms with van der Waals surface area (Å²) in [6.45, 7) is 5.47. The quantitative estimate of drug-likeness (QED) is 0.544. The Morgan fingerprint density at radius 2 is 1.66 bits per heavy atom. The lowest BCUT2D eigenvalue weighted by molar-refractivity contribution is -0.920. The van der Waals surface area contributed by atoms with Gasteiger partial charge in [0.1, 0.15) is 0 Å². The fourth-order valence-corrected chi connectivity index (χ4v) is 4.02. The molecule has 29 heavy (non-hydrogen) atoms. The molecule has 0 saturated carbocycles. The van der Waals surface area contributed by atoms with Crippen LogP contribution < -0.4 is 9.80 Å². The number of hydrogen-bond acceptors (Lipinski definition) is 6. The van der Waals surface area contributed by atoms with E-state index >= 15 is 0 Å². The minimum atomic E-state index is -0.440. The van der Waals surface area contributed by atoms with Crippen LogP contribution in [0.15, 0.2) is 24.3 Å². The molecule has 8 nitrogen and oxygen atoms in total. The van der Waals surface area contributed by atoms with Crippen LogP contribution in [0.5, 0.6) is 0 Å². The molecule has 0 aromatic heterocycles. The molecule has 0 bridgehead atoms. The van der Waals surface area contributed by atoms with Crippen LogP contribution in [0.2, 0.25) is 0 Å². The summed E-state index contributed by atoms with van der Waals surface area (Å²) in [5.74, 6) is -1.22. The van der Waals surface area contributed by atoms with E-state index in [1.165, 1.54) is 4.90 Å². The molecule has 1 aromatic rings. The summed E-state index contributed by atoms with van der Waals surface area (Å²) in [6.07, 6.45) is 1.46. The SMILES string of the molecule is CCOC(=O)c1ccc(N2C(=O)CC([NH+]3CCC(C(=O)OCC)CC3)C2=O)cc1. The van der Waals surface area contributed by atoms with Crippen molar-refractivity contribution >= 4 is 29.4 Å². The Bertz CT molecular complexity index is 783. The smallest absolute Gasteiger partial charge is 0.338 e. The summed E-state index contributed by atoms with van der Waals surface area (Å²) in [5, 5.41) is 0. The molecule has 2 aliphatic rings. The Labute approximate surface area is 169 Å². The van der Waals surface area contributed by atoms with Gasteiger partial charge in [0.25, 0.3) is 5.91 Å². The van der Waals surface area contributed by atoms with Gasteiger partial charge in [0.15, 0.2) is 6.04 Å². The van der Waals surface area contributed by atoms with Gasteiger partial charge in [0.2, 0.25) is 5.91 Å². The Hall–Kier alpha value is -2.74. The zero-order valence-corrected chi connectivity index (χ0v) is 16.8. The van der Waals surface area contributed by atoms with Crippen molar-refractivity contribution in [3.8, 4) is 0 Å². The number of hydrogen-bond donors (Lipinski definition) is 1. The van der Waals surface area contributed by atoms with E-state index in [1.54, 1.807) is 38.1 Å². The highest BCUT2D eigenvalue weighted by Gasteiger charge is 2.47. The second kappa shape index (κ2) is 9.17. The van der Waals surface area contributed by atoms with Crippen LogP contribution in [-0.2, 0) is 23.9 Å². The summed E-state index contributed by atoms with van der Waals surface area (Å²) in [4.78, 5) is 51.4. The molecule has 0 radical (unpaired) electrons. The van der Waals surface area contributed by atoms with E-state index in [1.807, 2.05) is 0 Å². The van der Waals surface area contributed by atoms with Gasteiger partial charge in [-0.2, -0.15) is 0 Å². The van der Waals surface area contributed by atoms with E-state index in [2.05, 4.69) is 0 Å². The summed E-state index contributed by atoms with van der Waals surface area (Å²) in [6, 6.07) is 5.85. The number of carbonyl (C=O) groups excluding carboxylic acids is 4. The summed E-state index contributed by atoms with van der Waals surface area (Å²) in [7, 11) is 0. The van der Waals surface area contributed by atoms with Crippen molar-refractivity contribution in [3.63, 3.8) is 0 Å². The van der Waals surface area contributed by atoms with Crippen molar-refractivity contribution in [2.75, 3.05) is 31.2 Å². The molecule has 2 aliphatic heterocycles. The van der Waals surface area contributed by atoms with Crippen molar-refractivity contribution in [2.45, 2.75) is 39.2 Å². The fourth-order valence-electron chi connectivity index (χ4n) is 4.02. The van der Waals surface area contributed by atoms with Gasteiger partial charge in [-0.05, 0) is 38.1 Å². The zero-order valence-electron chi connectivity index (χ0n) is 16.8. The number of anilines is 1. The molecular weight excluding hydrogens is 376 g/mol. The standard InChI is InChI=1S/C21H26N2O6/c1-3-28-20(26)14-5-7-16(8-6-14)23-18(24)13-17(19(23)25)22-11-9-15(10-12-22)21(27)29-4-2/h5-8,15,17H,3-4,9-13H2,1-2H3/p+1. The Kier molecular flexibility index (Phi) is 6.64. The number of nitrogens with zero attached hydrogens (tertiary/aromatic N) is 1. The maximum Gasteiger partial charge on any atom is 0.338 e. The largest absolute Gasteiger partial charge is 0.466 e. The van der Waals surface area contributed by atoms with E-state index in [9.17, 15) is 19.2 Å². The number of amides is 2. The number of piperidine rings is 1. The average Bonchev–Trinajstić information content (AvgIpc) is 3.02. The molecule has 2 heterocycles. The van der Waals surface area contributed by atoms with E-state index < -0.39 is 12.0 Å². The molecule has 3 rings (SSSR count). The Balaban J connectivity index is 1.64. The topological polar surface area (TPSA) is 94.4 Å². The molecule has 2 saturated heterocycles. The highest BCUT2D eigenvalue weighted by molar-refractivity contribution is 6.22. The van der Waals surface area contributed by atoms with E-state index in [-0.39, 0.29) is 36.7 Å². The molecule has 1 aromatic carbocycles. The van der Waals surface area contributed by atoms with Gasteiger partial charge in [0, 0.05) is 12.8 Å². The predicted molar refractivity (Wildman–Crippen MR) is 103 cm³/mol. The number of benzene rings is 1. The lowest BCUT2D eigenvalue weighted by Crippen LogP contribution is -3.17. The minimum Gasteiger partial charge on any atom is -0.466 e. The van der Waals surface area contributed by atoms with Crippen LogP contribution in [0, 0.1) is 5.92 Å². The Morgan fingerprint density at radius 1 is 1.03 bits per heavy atom. The van der Waals surface area contributed by atoms with Gasteiger partial charge in [-0.15, -0.1) is 0 Å². The first-order valence-electron chi connectivity index (χ1n) is 10.1. The first-order valence-corrected chi connectivity index (χ1v) is 10.1. The molecule has 2 amide bonds. The normalized spacial score (nSPS) is 24.5. The highest BCUT2D eigenvalue weighted by Crippen LogP contribution is 2.23. The Morgan fingerprint density at radius 3 is 2.24 bits per heavy atom. The van der Waals surface area contributed by atoms with Crippen molar-refractivity contribution in [1.29, 1.82) is 0 Å². The minimum absolute atomic E-state index is 0.127. The third kappa shape index (κ3) is 4.48. The van der Waals surface area contributed by atoms with E-state index in [0.29, 0.717) is 43.8 Å². The first kappa shape index (κ1) is 21.0. The van der Waals surface area contributed by atoms with Crippen LogP contribution in [0.25, 0.3) is 0 Å². The number of quaternary nitrogens is 1. The fraction of sp³-hybridized carbons (Fsp3) is 0.524. The molecule has 8 heteroatoms. The second-order valence-corrected chi connectivity index (χ2v) is 7.28. The van der Waals surface area contributed by atoms with Crippen molar-refractivity contribution in [3.05, 3.63) is 29.8 Å². The number of nitrogens with one attached hydrogen (secondary N) is 1. The average molecular weight is 403 g/mol. The molecule has 0 spiro atoms. The van der Waals surface area contributed by atoms with E-state index in [0.717, 1.165) is 4.90 Å². The van der Waals surface area contributed by atoms with Crippen LogP contribution in [0.1, 0.15) is 43.5 Å². The second-order valence-electron chi connectivity index (χ2n) is 7.28. The van der Waals surface area contributed by atoms with Crippen molar-refractivity contribution in [1.82, 2.24) is 0 Å². The van der Waals surface area contributed by atoms with Gasteiger partial charge in [-0.1, -0.05) is 0 Å². The van der Waals surface area contributed by atoms with Gasteiger partial charge < -0.3 is 14.4 Å². The molecule has 156 valence electrons. The third-order valence-electron chi connectivity index (χ3n) is 5.52. The number of imide groups is 1. The lowest BCUT2D eigenvalue weighted by Gasteiger charge is -2.31. The number of likely N-dealkylation sites (tertiary alicyclic amines) is 1. The van der Waals surface area contributed by atoms with Gasteiger partial charge in [-0.25, -0.2) is 9.69 Å². The monoisotopic (exact) mass is 403 g/mol. The van der Waals surface area contributed by atoms with Gasteiger partial charge in [0.05, 0.1) is 49.9 Å². The van der Waals surface area contributed by atoms with E-state index in [4.69, 9.17) is 9.47 Å². The van der Waals surface area contributed by atoms with Crippen molar-refractivity contribution in [2.24, 2.45) is 5.92 Å². The van der Waals surface area contributed by atoms with Gasteiger partial charge >= 0.3 is 11.9 Å². The van der Waals surface area contributed by atoms with Gasteiger partial charge in [-0.3, -0.25) is 14.4 Å². The first-order chi connectivity index (χ1) is 14.0. The summed E-state index contributed by atoms with van der Waals surface area (Å²) >= 11 is 0. The zero-order chi connectivity index (χ0) is 21.0. The number of ether oxygens (including phenoxy) is 2. The summed E-state index contributed by atoms with van der Waals surface area (Å²) < 4.78 is 10.0. The van der Waals surface area contributed by atoms with Crippen LogP contribution >= 0.6 is 0 Å². The van der Waals surface area contributed by atoms with Crippen LogP contribution in [0.4, 0.5) is 5.69 Å². The van der Waals surface area contributed by atoms with Crippen LogP contribution in [-0.4, -0.2) is 56.1 Å². The van der Waals surface area contributed by atoms with Crippen molar-refractivity contribution < 1.29 is 33.6 Å². The number of esters is 2.